The van der Waals surface area contributed by atoms with Crippen LogP contribution in [0.25, 0.3) is 0 Å². The molecule has 0 saturated heterocycles. The van der Waals surface area contributed by atoms with Crippen LogP contribution in [0.2, 0.25) is 0 Å². The zero-order chi connectivity index (χ0) is 10.0. The summed E-state index contributed by atoms with van der Waals surface area (Å²) in [4.78, 5) is 11.0. The van der Waals surface area contributed by atoms with E-state index in [-0.39, 0.29) is 5.75 Å². The molecule has 1 atom stereocenters. The van der Waals surface area contributed by atoms with E-state index in [9.17, 15) is 9.90 Å². The Bertz CT molecular complexity index is 382. The highest BCUT2D eigenvalue weighted by Gasteiger charge is 2.07. The molecule has 0 aliphatic carbocycles. The van der Waals surface area contributed by atoms with Crippen molar-refractivity contribution in [1.82, 2.24) is 4.57 Å². The van der Waals surface area contributed by atoms with Gasteiger partial charge in [0, 0.05) is 12.3 Å². The van der Waals surface area contributed by atoms with E-state index < -0.39 is 11.6 Å². The fraction of sp³-hybridized carbons (Fsp3) is 0.222. The van der Waals surface area contributed by atoms with Crippen molar-refractivity contribution in [3.63, 3.8) is 0 Å². The number of aromatic hydroxyl groups is 1. The number of rotatable bonds is 2. The Labute approximate surface area is 75.9 Å². The van der Waals surface area contributed by atoms with Crippen molar-refractivity contribution >= 4 is 0 Å². The largest absolute Gasteiger partial charge is 0.503 e. The average molecular weight is 180 g/mol. The molecule has 0 aromatic carbocycles. The van der Waals surface area contributed by atoms with Gasteiger partial charge in [-0.3, -0.25) is 4.79 Å². The Hall–Kier alpha value is -1.55. The van der Waals surface area contributed by atoms with Crippen molar-refractivity contribution < 1.29 is 5.11 Å². The molecule has 0 saturated carbocycles. The SMILES string of the molecule is C=CC(N)n1ccc(=O)c(O)c1C. The molecule has 0 aliphatic heterocycles. The molecule has 1 unspecified atom stereocenters. The van der Waals surface area contributed by atoms with E-state index in [0.717, 1.165) is 0 Å². The molecule has 0 spiro atoms. The fourth-order valence-corrected chi connectivity index (χ4v) is 1.08. The molecule has 3 N–H and O–H groups in total. The Kier molecular flexibility index (Phi) is 2.53. The molecular weight excluding hydrogens is 168 g/mol. The van der Waals surface area contributed by atoms with Crippen LogP contribution in [0, 0.1) is 6.92 Å². The normalized spacial score (nSPS) is 12.5. The molecule has 0 bridgehead atoms. The van der Waals surface area contributed by atoms with Gasteiger partial charge in [-0.15, -0.1) is 0 Å². The van der Waals surface area contributed by atoms with Crippen LogP contribution in [0.15, 0.2) is 29.7 Å². The Morgan fingerprint density at radius 2 is 2.38 bits per heavy atom. The standard InChI is InChI=1S/C9H12N2O2/c1-3-8(10)11-5-4-7(12)9(13)6(11)2/h3-5,8,13H,1,10H2,2H3. The van der Waals surface area contributed by atoms with E-state index in [1.54, 1.807) is 11.5 Å². The molecular formula is C9H12N2O2. The van der Waals surface area contributed by atoms with Crippen LogP contribution in [-0.4, -0.2) is 9.67 Å². The van der Waals surface area contributed by atoms with Crippen molar-refractivity contribution in [2.24, 2.45) is 5.73 Å². The summed E-state index contributed by atoms with van der Waals surface area (Å²) < 4.78 is 1.57. The van der Waals surface area contributed by atoms with Gasteiger partial charge in [-0.2, -0.15) is 0 Å². The van der Waals surface area contributed by atoms with Crippen molar-refractivity contribution in [2.45, 2.75) is 13.1 Å². The van der Waals surface area contributed by atoms with E-state index in [2.05, 4.69) is 6.58 Å². The van der Waals surface area contributed by atoms with E-state index in [1.165, 1.54) is 18.3 Å². The predicted octanol–water partition coefficient (Wildman–Crippen LogP) is 0.506. The highest BCUT2D eigenvalue weighted by atomic mass is 16.3. The molecule has 13 heavy (non-hydrogen) atoms. The quantitative estimate of drug-likeness (QED) is 0.651. The lowest BCUT2D eigenvalue weighted by molar-refractivity contribution is 0.448. The molecule has 4 nitrogen and oxygen atoms in total. The zero-order valence-corrected chi connectivity index (χ0v) is 7.40. The third-order valence-corrected chi connectivity index (χ3v) is 1.91. The summed E-state index contributed by atoms with van der Waals surface area (Å²) in [6.45, 7) is 5.15. The van der Waals surface area contributed by atoms with E-state index in [1.807, 2.05) is 0 Å². The van der Waals surface area contributed by atoms with Crippen molar-refractivity contribution in [3.05, 3.63) is 40.8 Å². The topological polar surface area (TPSA) is 68.2 Å². The summed E-state index contributed by atoms with van der Waals surface area (Å²) in [6.07, 6.45) is 2.63. The minimum atomic E-state index is -0.425. The van der Waals surface area contributed by atoms with Crippen LogP contribution in [0.5, 0.6) is 5.75 Å². The Balaban J connectivity index is 3.33. The highest BCUT2D eigenvalue weighted by Crippen LogP contribution is 2.12. The summed E-state index contributed by atoms with van der Waals surface area (Å²) in [6, 6.07) is 1.27. The minimum absolute atomic E-state index is 0.264. The van der Waals surface area contributed by atoms with Gasteiger partial charge in [0.1, 0.15) is 0 Å². The molecule has 0 amide bonds. The van der Waals surface area contributed by atoms with Crippen LogP contribution in [-0.2, 0) is 0 Å². The predicted molar refractivity (Wildman–Crippen MR) is 50.5 cm³/mol. The van der Waals surface area contributed by atoms with Crippen LogP contribution in [0.1, 0.15) is 11.9 Å². The molecule has 1 heterocycles. The lowest BCUT2D eigenvalue weighted by atomic mass is 10.3. The average Bonchev–Trinajstić information content (AvgIpc) is 2.13. The van der Waals surface area contributed by atoms with Crippen LogP contribution >= 0.6 is 0 Å². The number of pyridine rings is 1. The van der Waals surface area contributed by atoms with Crippen LogP contribution in [0.3, 0.4) is 0 Å². The molecule has 1 aromatic rings. The summed E-state index contributed by atoms with van der Waals surface area (Å²) in [5.41, 5.74) is 5.69. The van der Waals surface area contributed by atoms with E-state index in [0.29, 0.717) is 5.69 Å². The molecule has 1 aromatic heterocycles. The molecule has 1 rings (SSSR count). The van der Waals surface area contributed by atoms with Crippen LogP contribution in [0.4, 0.5) is 0 Å². The Morgan fingerprint density at radius 1 is 1.77 bits per heavy atom. The third kappa shape index (κ3) is 1.62. The molecule has 4 heteroatoms. The summed E-state index contributed by atoms with van der Waals surface area (Å²) in [5.74, 6) is -0.264. The maximum absolute atomic E-state index is 11.0. The maximum atomic E-state index is 11.0. The molecule has 0 fully saturated rings. The van der Waals surface area contributed by atoms with Gasteiger partial charge in [0.25, 0.3) is 0 Å². The minimum Gasteiger partial charge on any atom is -0.503 e. The number of nitrogens with zero attached hydrogens (tertiary/aromatic N) is 1. The summed E-state index contributed by atoms with van der Waals surface area (Å²) in [7, 11) is 0. The number of aromatic nitrogens is 1. The monoisotopic (exact) mass is 180 g/mol. The van der Waals surface area contributed by atoms with Gasteiger partial charge in [0.15, 0.2) is 5.75 Å². The first-order valence-corrected chi connectivity index (χ1v) is 3.86. The molecule has 0 aliphatic rings. The molecule has 70 valence electrons. The second-order valence-corrected chi connectivity index (χ2v) is 2.75. The summed E-state index contributed by atoms with van der Waals surface area (Å²) >= 11 is 0. The van der Waals surface area contributed by atoms with Crippen molar-refractivity contribution in [3.8, 4) is 5.75 Å². The second-order valence-electron chi connectivity index (χ2n) is 2.75. The first-order valence-electron chi connectivity index (χ1n) is 3.86. The van der Waals surface area contributed by atoms with Crippen molar-refractivity contribution in [2.75, 3.05) is 0 Å². The zero-order valence-electron chi connectivity index (χ0n) is 7.40. The number of hydrogen-bond donors (Lipinski definition) is 2. The molecule has 0 radical (unpaired) electrons. The van der Waals surface area contributed by atoms with Gasteiger partial charge < -0.3 is 15.4 Å². The van der Waals surface area contributed by atoms with E-state index >= 15 is 0 Å². The lowest BCUT2D eigenvalue weighted by Crippen LogP contribution is -2.20. The highest BCUT2D eigenvalue weighted by molar-refractivity contribution is 5.26. The van der Waals surface area contributed by atoms with Crippen LogP contribution < -0.4 is 11.2 Å². The van der Waals surface area contributed by atoms with Gasteiger partial charge in [-0.1, -0.05) is 12.7 Å². The fourth-order valence-electron chi connectivity index (χ4n) is 1.08. The third-order valence-electron chi connectivity index (χ3n) is 1.91. The van der Waals surface area contributed by atoms with E-state index in [4.69, 9.17) is 5.73 Å². The van der Waals surface area contributed by atoms with Gasteiger partial charge in [-0.25, -0.2) is 0 Å². The van der Waals surface area contributed by atoms with Gasteiger partial charge in [-0.05, 0) is 6.92 Å². The van der Waals surface area contributed by atoms with Gasteiger partial charge >= 0.3 is 0 Å². The first kappa shape index (κ1) is 9.54. The smallest absolute Gasteiger partial charge is 0.223 e. The number of nitrogens with two attached hydrogens (primary N) is 1. The first-order chi connectivity index (χ1) is 6.07. The van der Waals surface area contributed by atoms with Crippen molar-refractivity contribution in [1.29, 1.82) is 0 Å². The number of hydrogen-bond acceptors (Lipinski definition) is 3. The second kappa shape index (κ2) is 3.45. The summed E-state index contributed by atoms with van der Waals surface area (Å²) in [5, 5.41) is 9.31. The van der Waals surface area contributed by atoms with Gasteiger partial charge in [0.2, 0.25) is 5.43 Å². The lowest BCUT2D eigenvalue weighted by Gasteiger charge is -2.15. The Morgan fingerprint density at radius 3 is 2.92 bits per heavy atom. The van der Waals surface area contributed by atoms with Gasteiger partial charge in [0.05, 0.1) is 11.9 Å². The maximum Gasteiger partial charge on any atom is 0.223 e.